The highest BCUT2D eigenvalue weighted by atomic mass is 32.1. The minimum absolute atomic E-state index is 0.0674. The summed E-state index contributed by atoms with van der Waals surface area (Å²) < 4.78 is 0. The number of aryl methyl sites for hydroxylation is 1. The SMILES string of the molecule is Cc1ccnc(N)c1N1CC(S)CC1=O. The minimum atomic E-state index is 0.0674. The van der Waals surface area contributed by atoms with E-state index in [1.54, 1.807) is 11.1 Å². The van der Waals surface area contributed by atoms with Crippen LogP contribution in [0.4, 0.5) is 11.5 Å². The second kappa shape index (κ2) is 3.73. The molecule has 4 nitrogen and oxygen atoms in total. The van der Waals surface area contributed by atoms with Gasteiger partial charge in [0.2, 0.25) is 5.91 Å². The predicted molar refractivity (Wildman–Crippen MR) is 63.1 cm³/mol. The number of thiol groups is 1. The van der Waals surface area contributed by atoms with Crippen LogP contribution < -0.4 is 10.6 Å². The van der Waals surface area contributed by atoms with Gasteiger partial charge in [0, 0.05) is 24.4 Å². The third-order valence-corrected chi connectivity index (χ3v) is 2.87. The molecule has 1 aliphatic heterocycles. The average molecular weight is 223 g/mol. The molecule has 1 amide bonds. The molecule has 1 unspecified atom stereocenters. The summed E-state index contributed by atoms with van der Waals surface area (Å²) in [4.78, 5) is 17.4. The van der Waals surface area contributed by atoms with Crippen molar-refractivity contribution in [3.63, 3.8) is 0 Å². The molecule has 5 heteroatoms. The molecular formula is C10H13N3OS. The molecule has 0 spiro atoms. The summed E-state index contributed by atoms with van der Waals surface area (Å²) in [6.07, 6.45) is 2.11. The van der Waals surface area contributed by atoms with Crippen LogP contribution >= 0.6 is 12.6 Å². The number of nitrogen functional groups attached to an aromatic ring is 1. The van der Waals surface area contributed by atoms with Crippen molar-refractivity contribution in [3.05, 3.63) is 17.8 Å². The van der Waals surface area contributed by atoms with Gasteiger partial charge in [-0.25, -0.2) is 4.98 Å². The van der Waals surface area contributed by atoms with Crippen LogP contribution in [-0.4, -0.2) is 22.7 Å². The fraction of sp³-hybridized carbons (Fsp3) is 0.400. The van der Waals surface area contributed by atoms with E-state index < -0.39 is 0 Å². The zero-order chi connectivity index (χ0) is 11.0. The molecule has 0 aliphatic carbocycles. The maximum Gasteiger partial charge on any atom is 0.228 e. The maximum atomic E-state index is 11.7. The smallest absolute Gasteiger partial charge is 0.228 e. The van der Waals surface area contributed by atoms with Crippen LogP contribution in [0.1, 0.15) is 12.0 Å². The fourth-order valence-electron chi connectivity index (χ4n) is 1.83. The summed E-state index contributed by atoms with van der Waals surface area (Å²) >= 11 is 4.31. The van der Waals surface area contributed by atoms with Gasteiger partial charge >= 0.3 is 0 Å². The number of nitrogens with zero attached hydrogens (tertiary/aromatic N) is 2. The van der Waals surface area contributed by atoms with Crippen LogP contribution in [0.3, 0.4) is 0 Å². The number of hydrogen-bond donors (Lipinski definition) is 2. The molecule has 1 fully saturated rings. The lowest BCUT2D eigenvalue weighted by Gasteiger charge is -2.19. The quantitative estimate of drug-likeness (QED) is 0.698. The standard InChI is InChI=1S/C10H13N3OS/c1-6-2-3-12-10(11)9(6)13-5-7(15)4-8(13)14/h2-3,7,15H,4-5H2,1H3,(H2,11,12). The topological polar surface area (TPSA) is 59.2 Å². The number of amides is 1. The monoisotopic (exact) mass is 223 g/mol. The summed E-state index contributed by atoms with van der Waals surface area (Å²) in [5.41, 5.74) is 7.48. The molecular weight excluding hydrogens is 210 g/mol. The largest absolute Gasteiger partial charge is 0.382 e. The summed E-state index contributed by atoms with van der Waals surface area (Å²) in [7, 11) is 0. The van der Waals surface area contributed by atoms with E-state index in [2.05, 4.69) is 17.6 Å². The number of rotatable bonds is 1. The van der Waals surface area contributed by atoms with Gasteiger partial charge in [-0.2, -0.15) is 12.6 Å². The number of anilines is 2. The zero-order valence-corrected chi connectivity index (χ0v) is 9.37. The molecule has 1 atom stereocenters. The highest BCUT2D eigenvalue weighted by Crippen LogP contribution is 2.30. The Hall–Kier alpha value is -1.23. The lowest BCUT2D eigenvalue weighted by atomic mass is 10.2. The maximum absolute atomic E-state index is 11.7. The Balaban J connectivity index is 2.41. The van der Waals surface area contributed by atoms with Gasteiger partial charge in [0.1, 0.15) is 5.82 Å². The van der Waals surface area contributed by atoms with Crippen LogP contribution in [0, 0.1) is 6.92 Å². The second-order valence-electron chi connectivity index (χ2n) is 3.72. The van der Waals surface area contributed by atoms with Gasteiger partial charge < -0.3 is 10.6 Å². The fourth-order valence-corrected chi connectivity index (χ4v) is 2.15. The minimum Gasteiger partial charge on any atom is -0.382 e. The molecule has 15 heavy (non-hydrogen) atoms. The summed E-state index contributed by atoms with van der Waals surface area (Å²) in [6, 6.07) is 1.85. The van der Waals surface area contributed by atoms with E-state index in [4.69, 9.17) is 5.73 Å². The number of carbonyl (C=O) groups is 1. The van der Waals surface area contributed by atoms with Crippen molar-refractivity contribution in [3.8, 4) is 0 Å². The van der Waals surface area contributed by atoms with E-state index in [0.29, 0.717) is 18.8 Å². The van der Waals surface area contributed by atoms with Crippen molar-refractivity contribution in [2.45, 2.75) is 18.6 Å². The molecule has 2 rings (SSSR count). The van der Waals surface area contributed by atoms with E-state index in [1.165, 1.54) is 0 Å². The first kappa shape index (κ1) is 10.3. The van der Waals surface area contributed by atoms with Crippen LogP contribution in [0.5, 0.6) is 0 Å². The lowest BCUT2D eigenvalue weighted by Crippen LogP contribution is -2.26. The van der Waals surface area contributed by atoms with E-state index in [9.17, 15) is 4.79 Å². The van der Waals surface area contributed by atoms with Crippen LogP contribution in [0.2, 0.25) is 0 Å². The van der Waals surface area contributed by atoms with Gasteiger partial charge in [0.15, 0.2) is 0 Å². The van der Waals surface area contributed by atoms with E-state index in [-0.39, 0.29) is 11.2 Å². The van der Waals surface area contributed by atoms with Gasteiger partial charge in [0.05, 0.1) is 5.69 Å². The Morgan fingerprint density at radius 1 is 1.67 bits per heavy atom. The molecule has 1 aliphatic rings. The molecule has 0 radical (unpaired) electrons. The highest BCUT2D eigenvalue weighted by Gasteiger charge is 2.30. The zero-order valence-electron chi connectivity index (χ0n) is 8.47. The first-order valence-electron chi connectivity index (χ1n) is 4.79. The van der Waals surface area contributed by atoms with Gasteiger partial charge in [-0.3, -0.25) is 4.79 Å². The Bertz CT molecular complexity index is 387. The van der Waals surface area contributed by atoms with Crippen molar-refractivity contribution in [1.29, 1.82) is 0 Å². The second-order valence-corrected chi connectivity index (χ2v) is 4.45. The highest BCUT2D eigenvalue weighted by molar-refractivity contribution is 7.81. The molecule has 1 aromatic rings. The Labute approximate surface area is 93.9 Å². The van der Waals surface area contributed by atoms with Crippen molar-refractivity contribution in [2.24, 2.45) is 0 Å². The van der Waals surface area contributed by atoms with Crippen molar-refractivity contribution in [2.75, 3.05) is 17.2 Å². The molecule has 80 valence electrons. The summed E-state index contributed by atoms with van der Waals surface area (Å²) in [6.45, 7) is 2.53. The molecule has 0 bridgehead atoms. The molecule has 1 saturated heterocycles. The Kier molecular flexibility index (Phi) is 2.56. The molecule has 2 N–H and O–H groups in total. The van der Waals surface area contributed by atoms with E-state index >= 15 is 0 Å². The Morgan fingerprint density at radius 3 is 2.93 bits per heavy atom. The normalized spacial score (nSPS) is 21.1. The van der Waals surface area contributed by atoms with Gasteiger partial charge in [-0.05, 0) is 18.6 Å². The first-order valence-corrected chi connectivity index (χ1v) is 5.30. The van der Waals surface area contributed by atoms with Gasteiger partial charge in [0.25, 0.3) is 0 Å². The predicted octanol–water partition coefficient (Wildman–Crippen LogP) is 1.01. The third kappa shape index (κ3) is 1.79. The van der Waals surface area contributed by atoms with Crippen molar-refractivity contribution in [1.82, 2.24) is 4.98 Å². The van der Waals surface area contributed by atoms with Crippen LogP contribution in [-0.2, 0) is 4.79 Å². The number of pyridine rings is 1. The van der Waals surface area contributed by atoms with Gasteiger partial charge in [-0.1, -0.05) is 0 Å². The number of hydrogen-bond acceptors (Lipinski definition) is 4. The Morgan fingerprint density at radius 2 is 2.40 bits per heavy atom. The number of aromatic nitrogens is 1. The number of carbonyl (C=O) groups excluding carboxylic acids is 1. The average Bonchev–Trinajstić information content (AvgIpc) is 2.45. The van der Waals surface area contributed by atoms with Crippen molar-refractivity contribution < 1.29 is 4.79 Å². The van der Waals surface area contributed by atoms with Crippen molar-refractivity contribution >= 4 is 30.0 Å². The molecule has 2 heterocycles. The summed E-state index contributed by atoms with van der Waals surface area (Å²) in [5.74, 6) is 0.476. The van der Waals surface area contributed by atoms with Gasteiger partial charge in [-0.15, -0.1) is 0 Å². The van der Waals surface area contributed by atoms with Crippen LogP contribution in [0.15, 0.2) is 12.3 Å². The molecule has 1 aromatic heterocycles. The van der Waals surface area contributed by atoms with E-state index in [0.717, 1.165) is 11.3 Å². The third-order valence-electron chi connectivity index (χ3n) is 2.53. The lowest BCUT2D eigenvalue weighted by molar-refractivity contribution is -0.117. The molecule has 0 saturated carbocycles. The molecule has 0 aromatic carbocycles. The summed E-state index contributed by atoms with van der Waals surface area (Å²) in [5, 5.41) is 0.0940. The first-order chi connectivity index (χ1) is 7.09. The number of nitrogens with two attached hydrogens (primary N) is 1. The van der Waals surface area contributed by atoms with E-state index in [1.807, 2.05) is 13.0 Å². The van der Waals surface area contributed by atoms with Crippen LogP contribution in [0.25, 0.3) is 0 Å².